The number of aromatic nitrogens is 2. The summed E-state index contributed by atoms with van der Waals surface area (Å²) in [5.41, 5.74) is 5.58. The summed E-state index contributed by atoms with van der Waals surface area (Å²) < 4.78 is 7.29. The number of hydrogen-bond donors (Lipinski definition) is 0. The number of methoxy groups -OCH3 is 1. The standard InChI is InChI=1S/C31H28Cl2N2O2S/c1-37-24-10-7-9-23(17-24)35-29(36)27-28(34-30(35)38-19-21-12-13-22(32)16-26(21)33)25-11-4-3-8-20(25)18-31(27)14-5-2-6-15-31/h3-4,7-13,16-17H,2,5-6,14-15,18-19H2,1H3. The molecule has 0 N–H and O–H groups in total. The number of nitrogens with zero attached hydrogens (tertiary/aromatic N) is 2. The minimum absolute atomic E-state index is 0.0179. The maximum Gasteiger partial charge on any atom is 0.263 e. The number of rotatable bonds is 5. The van der Waals surface area contributed by atoms with Gasteiger partial charge in [-0.05, 0) is 54.7 Å². The Morgan fingerprint density at radius 2 is 1.82 bits per heavy atom. The molecule has 1 aromatic heterocycles. The summed E-state index contributed by atoms with van der Waals surface area (Å²) in [6.45, 7) is 0. The maximum atomic E-state index is 14.7. The SMILES string of the molecule is COc1cccc(-n2c(SCc3ccc(Cl)cc3Cl)nc3c(c2=O)C2(CCCCC2)Cc2ccccc2-3)c1. The van der Waals surface area contributed by atoms with E-state index >= 15 is 0 Å². The fraction of sp³-hybridized carbons (Fsp3) is 0.290. The molecule has 4 aromatic rings. The van der Waals surface area contributed by atoms with Gasteiger partial charge in [-0.15, -0.1) is 0 Å². The summed E-state index contributed by atoms with van der Waals surface area (Å²) in [5, 5.41) is 1.83. The summed E-state index contributed by atoms with van der Waals surface area (Å²) in [6.07, 6.45) is 6.38. The number of fused-ring (bicyclic) bond motifs is 4. The van der Waals surface area contributed by atoms with Gasteiger partial charge in [-0.2, -0.15) is 0 Å². The van der Waals surface area contributed by atoms with Crippen molar-refractivity contribution in [1.82, 2.24) is 9.55 Å². The van der Waals surface area contributed by atoms with Gasteiger partial charge in [0.05, 0.1) is 24.1 Å². The minimum atomic E-state index is -0.185. The lowest BCUT2D eigenvalue weighted by Gasteiger charge is -2.42. The van der Waals surface area contributed by atoms with Crippen molar-refractivity contribution in [3.05, 3.63) is 104 Å². The van der Waals surface area contributed by atoms with Gasteiger partial charge in [0.2, 0.25) is 0 Å². The Hall–Kier alpha value is -2.73. The van der Waals surface area contributed by atoms with Gasteiger partial charge in [0.25, 0.3) is 5.56 Å². The summed E-state index contributed by atoms with van der Waals surface area (Å²) in [6, 6.07) is 21.6. The Balaban J connectivity index is 1.58. The fourth-order valence-electron chi connectivity index (χ4n) is 6.04. The van der Waals surface area contributed by atoms with Crippen LogP contribution in [-0.2, 0) is 17.6 Å². The Labute approximate surface area is 237 Å². The Kier molecular flexibility index (Phi) is 7.02. The zero-order valence-corrected chi connectivity index (χ0v) is 23.5. The summed E-state index contributed by atoms with van der Waals surface area (Å²) >= 11 is 14.1. The predicted octanol–water partition coefficient (Wildman–Crippen LogP) is 8.27. The van der Waals surface area contributed by atoms with Gasteiger partial charge in [0.15, 0.2) is 5.16 Å². The van der Waals surface area contributed by atoms with Crippen LogP contribution in [0.5, 0.6) is 5.75 Å². The number of ether oxygens (including phenoxy) is 1. The van der Waals surface area contributed by atoms with E-state index < -0.39 is 0 Å². The monoisotopic (exact) mass is 562 g/mol. The van der Waals surface area contributed by atoms with Crippen LogP contribution in [-0.4, -0.2) is 16.7 Å². The van der Waals surface area contributed by atoms with E-state index in [9.17, 15) is 4.79 Å². The Morgan fingerprint density at radius 1 is 1.00 bits per heavy atom. The maximum absolute atomic E-state index is 14.7. The Morgan fingerprint density at radius 3 is 2.61 bits per heavy atom. The predicted molar refractivity (Wildman–Crippen MR) is 156 cm³/mol. The number of halogens is 2. The van der Waals surface area contributed by atoms with Crippen molar-refractivity contribution in [3.8, 4) is 22.7 Å². The van der Waals surface area contributed by atoms with E-state index in [0.717, 1.165) is 60.2 Å². The topological polar surface area (TPSA) is 44.1 Å². The molecule has 0 atom stereocenters. The molecule has 2 aliphatic carbocycles. The smallest absolute Gasteiger partial charge is 0.263 e. The molecule has 1 spiro atoms. The zero-order chi connectivity index (χ0) is 26.3. The van der Waals surface area contributed by atoms with Crippen LogP contribution in [0.25, 0.3) is 16.9 Å². The van der Waals surface area contributed by atoms with Gasteiger partial charge in [0, 0.05) is 32.8 Å². The van der Waals surface area contributed by atoms with Crippen molar-refractivity contribution in [2.24, 2.45) is 0 Å². The summed E-state index contributed by atoms with van der Waals surface area (Å²) in [5.74, 6) is 1.25. The lowest BCUT2D eigenvalue weighted by Crippen LogP contribution is -2.42. The molecule has 0 bridgehead atoms. The molecule has 1 heterocycles. The molecule has 2 aliphatic rings. The van der Waals surface area contributed by atoms with Crippen LogP contribution >= 0.6 is 35.0 Å². The van der Waals surface area contributed by atoms with E-state index in [-0.39, 0.29) is 11.0 Å². The first-order valence-corrected chi connectivity index (χ1v) is 14.7. The third kappa shape index (κ3) is 4.55. The molecule has 7 heteroatoms. The molecule has 6 rings (SSSR count). The van der Waals surface area contributed by atoms with E-state index in [4.69, 9.17) is 32.9 Å². The fourth-order valence-corrected chi connectivity index (χ4v) is 7.61. The van der Waals surface area contributed by atoms with Crippen LogP contribution in [0.4, 0.5) is 0 Å². The third-order valence-corrected chi connectivity index (χ3v) is 9.45. The van der Waals surface area contributed by atoms with Crippen molar-refractivity contribution in [2.45, 2.75) is 54.8 Å². The molecule has 194 valence electrons. The minimum Gasteiger partial charge on any atom is -0.497 e. The molecular formula is C31H28Cl2N2O2S. The first kappa shape index (κ1) is 25.5. The van der Waals surface area contributed by atoms with Crippen LogP contribution in [0.3, 0.4) is 0 Å². The number of thioether (sulfide) groups is 1. The molecule has 3 aromatic carbocycles. The normalized spacial score (nSPS) is 15.7. The van der Waals surface area contributed by atoms with E-state index in [1.165, 1.54) is 23.7 Å². The van der Waals surface area contributed by atoms with Gasteiger partial charge in [0.1, 0.15) is 5.75 Å². The quantitative estimate of drug-likeness (QED) is 0.181. The molecule has 1 fully saturated rings. The van der Waals surface area contributed by atoms with Gasteiger partial charge in [-0.1, -0.05) is 90.6 Å². The third-order valence-electron chi connectivity index (χ3n) is 7.88. The van der Waals surface area contributed by atoms with Crippen molar-refractivity contribution < 1.29 is 4.74 Å². The first-order valence-electron chi connectivity index (χ1n) is 13.0. The molecule has 4 nitrogen and oxygen atoms in total. The molecule has 1 saturated carbocycles. The van der Waals surface area contributed by atoms with E-state index in [1.54, 1.807) is 17.7 Å². The van der Waals surface area contributed by atoms with Crippen molar-refractivity contribution >= 4 is 35.0 Å². The molecule has 0 saturated heterocycles. The first-order chi connectivity index (χ1) is 18.5. The van der Waals surface area contributed by atoms with Gasteiger partial charge < -0.3 is 4.74 Å². The van der Waals surface area contributed by atoms with Crippen LogP contribution in [0.15, 0.2) is 76.7 Å². The summed E-state index contributed by atoms with van der Waals surface area (Å²) in [7, 11) is 1.64. The highest BCUT2D eigenvalue weighted by atomic mass is 35.5. The molecule has 0 unspecified atom stereocenters. The largest absolute Gasteiger partial charge is 0.497 e. The van der Waals surface area contributed by atoms with Crippen LogP contribution in [0.1, 0.15) is 48.8 Å². The molecule has 38 heavy (non-hydrogen) atoms. The van der Waals surface area contributed by atoms with Crippen molar-refractivity contribution in [1.29, 1.82) is 0 Å². The number of benzene rings is 3. The van der Waals surface area contributed by atoms with E-state index in [2.05, 4.69) is 18.2 Å². The molecular weight excluding hydrogens is 535 g/mol. The van der Waals surface area contributed by atoms with Gasteiger partial charge >= 0.3 is 0 Å². The average molecular weight is 564 g/mol. The molecule has 0 amide bonds. The number of hydrogen-bond acceptors (Lipinski definition) is 4. The van der Waals surface area contributed by atoms with Crippen molar-refractivity contribution in [2.75, 3.05) is 7.11 Å². The Bertz CT molecular complexity index is 1580. The highest BCUT2D eigenvalue weighted by molar-refractivity contribution is 7.98. The summed E-state index contributed by atoms with van der Waals surface area (Å²) in [4.78, 5) is 19.9. The highest BCUT2D eigenvalue weighted by Crippen LogP contribution is 2.49. The van der Waals surface area contributed by atoms with Crippen LogP contribution in [0.2, 0.25) is 10.0 Å². The second kappa shape index (κ2) is 10.4. The van der Waals surface area contributed by atoms with Gasteiger partial charge in [-0.3, -0.25) is 9.36 Å². The van der Waals surface area contributed by atoms with Crippen LogP contribution in [0, 0.1) is 0 Å². The average Bonchev–Trinajstić information content (AvgIpc) is 2.93. The lowest BCUT2D eigenvalue weighted by molar-refractivity contribution is 0.283. The second-order valence-corrected chi connectivity index (χ2v) is 11.9. The second-order valence-electron chi connectivity index (χ2n) is 10.2. The van der Waals surface area contributed by atoms with Crippen LogP contribution < -0.4 is 10.3 Å². The van der Waals surface area contributed by atoms with E-state index in [1.807, 2.05) is 42.5 Å². The highest BCUT2D eigenvalue weighted by Gasteiger charge is 2.43. The molecule has 0 aliphatic heterocycles. The zero-order valence-electron chi connectivity index (χ0n) is 21.2. The lowest BCUT2D eigenvalue weighted by atomic mass is 9.62. The van der Waals surface area contributed by atoms with Crippen molar-refractivity contribution in [3.63, 3.8) is 0 Å². The molecule has 0 radical (unpaired) electrons. The van der Waals surface area contributed by atoms with E-state index in [0.29, 0.717) is 26.7 Å². The van der Waals surface area contributed by atoms with Gasteiger partial charge in [-0.25, -0.2) is 4.98 Å².